The van der Waals surface area contributed by atoms with Crippen molar-refractivity contribution in [2.24, 2.45) is 5.92 Å². The Balaban J connectivity index is 2.14. The minimum Gasteiger partial charge on any atom is -0.493 e. The van der Waals surface area contributed by atoms with Crippen LogP contribution < -0.4 is 19.5 Å². The first-order valence-electron chi connectivity index (χ1n) is 11.1. The second-order valence-electron chi connectivity index (χ2n) is 8.44. The van der Waals surface area contributed by atoms with E-state index in [-0.39, 0.29) is 16.7 Å². The monoisotopic (exact) mass is 476 g/mol. The van der Waals surface area contributed by atoms with Gasteiger partial charge in [-0.3, -0.25) is 4.79 Å². The number of nitrogens with one attached hydrogen (secondary N) is 2. The van der Waals surface area contributed by atoms with Gasteiger partial charge in [-0.15, -0.1) is 0 Å². The first kappa shape index (κ1) is 26.7. The van der Waals surface area contributed by atoms with Gasteiger partial charge in [0.05, 0.1) is 19.1 Å². The molecule has 2 atom stereocenters. The number of sulfonamides is 1. The smallest absolute Gasteiger partial charge is 0.241 e. The lowest BCUT2D eigenvalue weighted by molar-refractivity contribution is -0.123. The molecule has 2 N–H and O–H groups in total. The summed E-state index contributed by atoms with van der Waals surface area (Å²) in [5.74, 6) is 0.747. The highest BCUT2D eigenvalue weighted by atomic mass is 32.2. The average Bonchev–Trinajstić information content (AvgIpc) is 2.75. The van der Waals surface area contributed by atoms with E-state index in [0.29, 0.717) is 42.0 Å². The topological polar surface area (TPSA) is 93.7 Å². The third-order valence-corrected chi connectivity index (χ3v) is 7.56. The molecule has 2 rings (SSSR count). The molecule has 1 amide bonds. The number of carbonyl (C=O) groups excluding carboxylic acids is 1. The van der Waals surface area contributed by atoms with E-state index in [4.69, 9.17) is 9.47 Å². The maximum atomic E-state index is 13.2. The Morgan fingerprint density at radius 2 is 1.61 bits per heavy atom. The third kappa shape index (κ3) is 6.71. The van der Waals surface area contributed by atoms with Crippen molar-refractivity contribution in [2.75, 3.05) is 20.8 Å². The average molecular weight is 477 g/mol. The molecule has 0 saturated heterocycles. The van der Waals surface area contributed by atoms with Crippen molar-refractivity contribution >= 4 is 15.9 Å². The van der Waals surface area contributed by atoms with E-state index < -0.39 is 16.1 Å². The molecule has 33 heavy (non-hydrogen) atoms. The van der Waals surface area contributed by atoms with Crippen LogP contribution in [-0.4, -0.2) is 41.1 Å². The van der Waals surface area contributed by atoms with Gasteiger partial charge in [0.1, 0.15) is 6.04 Å². The summed E-state index contributed by atoms with van der Waals surface area (Å²) in [5.41, 5.74) is 3.29. The number of hydrogen-bond acceptors (Lipinski definition) is 5. The maximum absolute atomic E-state index is 13.2. The number of benzene rings is 2. The molecule has 0 spiro atoms. The maximum Gasteiger partial charge on any atom is 0.241 e. The summed E-state index contributed by atoms with van der Waals surface area (Å²) in [6.45, 7) is 9.65. The lowest BCUT2D eigenvalue weighted by Crippen LogP contribution is -2.50. The van der Waals surface area contributed by atoms with Crippen molar-refractivity contribution < 1.29 is 22.7 Å². The van der Waals surface area contributed by atoms with Crippen LogP contribution in [0.4, 0.5) is 0 Å². The quantitative estimate of drug-likeness (QED) is 0.516. The van der Waals surface area contributed by atoms with Gasteiger partial charge in [0, 0.05) is 6.54 Å². The predicted molar refractivity (Wildman–Crippen MR) is 130 cm³/mol. The Bertz CT molecular complexity index is 1060. The summed E-state index contributed by atoms with van der Waals surface area (Å²) < 4.78 is 39.7. The van der Waals surface area contributed by atoms with Gasteiger partial charge < -0.3 is 14.8 Å². The van der Waals surface area contributed by atoms with Crippen LogP contribution in [0, 0.1) is 26.7 Å². The summed E-state index contributed by atoms with van der Waals surface area (Å²) in [4.78, 5) is 13.2. The molecule has 0 aromatic heterocycles. The normalized spacial score (nSPS) is 13.3. The van der Waals surface area contributed by atoms with E-state index >= 15 is 0 Å². The highest BCUT2D eigenvalue weighted by molar-refractivity contribution is 7.89. The Morgan fingerprint density at radius 3 is 2.15 bits per heavy atom. The SMILES string of the molecule is CCC(C)C(NS(=O)(=O)c1c(C)cc(C)cc1C)C(=O)NCCc1ccc(OC)c(OC)c1. The van der Waals surface area contributed by atoms with Crippen molar-refractivity contribution in [1.29, 1.82) is 0 Å². The number of methoxy groups -OCH3 is 2. The first-order chi connectivity index (χ1) is 15.5. The van der Waals surface area contributed by atoms with Crippen LogP contribution in [0.2, 0.25) is 0 Å². The summed E-state index contributed by atoms with van der Waals surface area (Å²) in [6, 6.07) is 8.39. The Hall–Kier alpha value is -2.58. The zero-order valence-electron chi connectivity index (χ0n) is 20.6. The minimum atomic E-state index is -3.87. The molecule has 2 aromatic carbocycles. The van der Waals surface area contributed by atoms with Gasteiger partial charge in [-0.1, -0.05) is 44.0 Å². The van der Waals surface area contributed by atoms with Crippen LogP contribution in [0.5, 0.6) is 11.5 Å². The minimum absolute atomic E-state index is 0.174. The van der Waals surface area contributed by atoms with Gasteiger partial charge in [-0.05, 0) is 61.9 Å². The van der Waals surface area contributed by atoms with E-state index in [2.05, 4.69) is 10.0 Å². The molecule has 0 heterocycles. The van der Waals surface area contributed by atoms with Crippen LogP contribution in [0.3, 0.4) is 0 Å². The summed E-state index contributed by atoms with van der Waals surface area (Å²) >= 11 is 0. The van der Waals surface area contributed by atoms with Crippen molar-refractivity contribution in [3.8, 4) is 11.5 Å². The van der Waals surface area contributed by atoms with Gasteiger partial charge in [0.15, 0.2) is 11.5 Å². The number of carbonyl (C=O) groups is 1. The lowest BCUT2D eigenvalue weighted by Gasteiger charge is -2.24. The van der Waals surface area contributed by atoms with Gasteiger partial charge >= 0.3 is 0 Å². The van der Waals surface area contributed by atoms with Crippen molar-refractivity contribution in [3.63, 3.8) is 0 Å². The molecule has 0 fully saturated rings. The van der Waals surface area contributed by atoms with E-state index in [1.807, 2.05) is 51.1 Å². The van der Waals surface area contributed by atoms with Crippen LogP contribution >= 0.6 is 0 Å². The van der Waals surface area contributed by atoms with Gasteiger partial charge in [0.25, 0.3) is 0 Å². The second kappa shape index (κ2) is 11.5. The zero-order chi connectivity index (χ0) is 24.8. The van der Waals surface area contributed by atoms with Crippen LogP contribution in [0.1, 0.15) is 42.5 Å². The molecule has 2 unspecified atom stereocenters. The zero-order valence-corrected chi connectivity index (χ0v) is 21.4. The van der Waals surface area contributed by atoms with E-state index in [9.17, 15) is 13.2 Å². The molecule has 2 aromatic rings. The number of aryl methyl sites for hydroxylation is 3. The molecule has 7 nitrogen and oxygen atoms in total. The fraction of sp³-hybridized carbons (Fsp3) is 0.480. The molecule has 0 aliphatic rings. The van der Waals surface area contributed by atoms with Crippen LogP contribution in [0.15, 0.2) is 35.2 Å². The van der Waals surface area contributed by atoms with Gasteiger partial charge in [-0.25, -0.2) is 8.42 Å². The number of rotatable bonds is 11. The molecular formula is C25H36N2O5S. The van der Waals surface area contributed by atoms with Crippen molar-refractivity contribution in [2.45, 2.75) is 58.4 Å². The van der Waals surface area contributed by atoms with E-state index in [0.717, 1.165) is 11.1 Å². The predicted octanol–water partition coefficient (Wildman–Crippen LogP) is 3.68. The van der Waals surface area contributed by atoms with Gasteiger partial charge in [-0.2, -0.15) is 4.72 Å². The highest BCUT2D eigenvalue weighted by Crippen LogP contribution is 2.27. The van der Waals surface area contributed by atoms with Crippen LogP contribution in [-0.2, 0) is 21.2 Å². The van der Waals surface area contributed by atoms with Gasteiger partial charge in [0.2, 0.25) is 15.9 Å². The number of ether oxygens (including phenoxy) is 2. The van der Waals surface area contributed by atoms with Crippen molar-refractivity contribution in [1.82, 2.24) is 10.0 Å². The third-order valence-electron chi connectivity index (χ3n) is 5.81. The largest absolute Gasteiger partial charge is 0.493 e. The second-order valence-corrected chi connectivity index (χ2v) is 10.1. The fourth-order valence-electron chi connectivity index (χ4n) is 3.96. The molecule has 0 aliphatic carbocycles. The summed E-state index contributed by atoms with van der Waals surface area (Å²) in [7, 11) is -0.723. The first-order valence-corrected chi connectivity index (χ1v) is 12.6. The Kier molecular flexibility index (Phi) is 9.31. The standard InChI is InChI=1S/C25H36N2O5S/c1-8-17(3)23(27-33(29,30)24-18(4)13-16(2)14-19(24)5)25(28)26-12-11-20-9-10-21(31-6)22(15-20)32-7/h9-10,13-15,17,23,27H,8,11-12H2,1-7H3,(H,26,28). The Labute approximate surface area is 197 Å². The van der Waals surface area contributed by atoms with Crippen LogP contribution in [0.25, 0.3) is 0 Å². The number of hydrogen-bond donors (Lipinski definition) is 2. The molecular weight excluding hydrogens is 440 g/mol. The van der Waals surface area contributed by atoms with E-state index in [1.54, 1.807) is 28.1 Å². The molecule has 0 saturated carbocycles. The molecule has 0 radical (unpaired) electrons. The van der Waals surface area contributed by atoms with E-state index in [1.165, 1.54) is 0 Å². The highest BCUT2D eigenvalue weighted by Gasteiger charge is 2.31. The summed E-state index contributed by atoms with van der Waals surface area (Å²) in [5, 5.41) is 2.89. The Morgan fingerprint density at radius 1 is 1.00 bits per heavy atom. The molecule has 8 heteroatoms. The lowest BCUT2D eigenvalue weighted by atomic mass is 9.99. The van der Waals surface area contributed by atoms with Crippen molar-refractivity contribution in [3.05, 3.63) is 52.6 Å². The molecule has 0 bridgehead atoms. The molecule has 182 valence electrons. The molecule has 0 aliphatic heterocycles. The summed E-state index contributed by atoms with van der Waals surface area (Å²) in [6.07, 6.45) is 1.23. The fourth-order valence-corrected chi connectivity index (χ4v) is 5.71. The number of amides is 1.